The summed E-state index contributed by atoms with van der Waals surface area (Å²) in [4.78, 5) is 0. The topological polar surface area (TPSA) is 0 Å². The molecule has 0 aliphatic heterocycles. The molecule has 2 aromatic carbocycles. The maximum Gasteiger partial charge on any atom is 0.121 e. The highest BCUT2D eigenvalue weighted by atomic mass is 79.9. The van der Waals surface area contributed by atoms with Gasteiger partial charge in [-0.25, -0.2) is 0 Å². The first kappa shape index (κ1) is 14.1. The van der Waals surface area contributed by atoms with Crippen molar-refractivity contribution in [1.82, 2.24) is 0 Å². The van der Waals surface area contributed by atoms with Crippen molar-refractivity contribution in [1.29, 1.82) is 0 Å². The third-order valence-corrected chi connectivity index (χ3v) is 7.70. The Bertz CT molecular complexity index is 877. The van der Waals surface area contributed by atoms with Crippen LogP contribution in [0.3, 0.4) is 0 Å². The molecule has 2 heterocycles. The van der Waals surface area contributed by atoms with Gasteiger partial charge in [0.25, 0.3) is 0 Å². The number of benzene rings is 2. The normalized spacial score (nSPS) is 11.5. The molecule has 21 heavy (non-hydrogen) atoms. The van der Waals surface area contributed by atoms with Gasteiger partial charge >= 0.3 is 0 Å². The highest BCUT2D eigenvalue weighted by Gasteiger charge is 2.05. The smallest absolute Gasteiger partial charge is 0.121 e. The second kappa shape index (κ2) is 5.63. The van der Waals surface area contributed by atoms with Crippen LogP contribution in [-0.4, -0.2) is 9.52 Å². The van der Waals surface area contributed by atoms with Gasteiger partial charge < -0.3 is 0 Å². The van der Waals surface area contributed by atoms with Gasteiger partial charge in [0.2, 0.25) is 0 Å². The van der Waals surface area contributed by atoms with E-state index in [-0.39, 0.29) is 0 Å². The van der Waals surface area contributed by atoms with Crippen LogP contribution in [0.2, 0.25) is 0 Å². The van der Waals surface area contributed by atoms with Crippen molar-refractivity contribution in [3.63, 3.8) is 0 Å². The van der Waals surface area contributed by atoms with Crippen molar-refractivity contribution in [3.8, 4) is 0 Å². The molecule has 0 spiro atoms. The molecule has 0 nitrogen and oxygen atoms in total. The molecule has 2 aromatic heterocycles. The van der Waals surface area contributed by atoms with Gasteiger partial charge in [-0.05, 0) is 66.9 Å². The van der Waals surface area contributed by atoms with E-state index in [4.69, 9.17) is 0 Å². The summed E-state index contributed by atoms with van der Waals surface area (Å²) >= 11 is 10.7. The first-order valence-corrected chi connectivity index (χ1v) is 10.5. The Morgan fingerprint density at radius 3 is 1.62 bits per heavy atom. The van der Waals surface area contributed by atoms with Gasteiger partial charge in [-0.3, -0.25) is 0 Å². The predicted octanol–water partition coefficient (Wildman–Crippen LogP) is 5.30. The lowest BCUT2D eigenvalue weighted by atomic mass is 10.3. The van der Waals surface area contributed by atoms with E-state index in [1.165, 1.54) is 38.1 Å². The SMILES string of the molecule is Brc1cc2cc([Si]c3ccc4sc(Br)cc4c3)ccc2s1. The standard InChI is InChI=1S/C16H8Br2S2Si/c17-15-7-9-5-11(1-3-13(9)19-15)21-12-2-4-14-10(6-12)8-16(18)20-14/h1-8H. The molecule has 0 aliphatic carbocycles. The zero-order chi connectivity index (χ0) is 14.4. The molecule has 0 unspecified atom stereocenters. The van der Waals surface area contributed by atoms with Crippen molar-refractivity contribution in [2.45, 2.75) is 0 Å². The maximum atomic E-state index is 3.56. The highest BCUT2D eigenvalue weighted by Crippen LogP contribution is 2.29. The van der Waals surface area contributed by atoms with E-state index in [1.54, 1.807) is 22.7 Å². The molecule has 102 valence electrons. The summed E-state index contributed by atoms with van der Waals surface area (Å²) in [5.41, 5.74) is 0. The molecule has 0 saturated heterocycles. The molecule has 4 rings (SSSR count). The Labute approximate surface area is 149 Å². The number of hydrogen-bond acceptors (Lipinski definition) is 2. The minimum atomic E-state index is 0.700. The molecule has 2 radical (unpaired) electrons. The summed E-state index contributed by atoms with van der Waals surface area (Å²) in [5.74, 6) is 0. The third kappa shape index (κ3) is 2.90. The highest BCUT2D eigenvalue weighted by molar-refractivity contribution is 9.11. The summed E-state index contributed by atoms with van der Waals surface area (Å²) in [6.45, 7) is 0. The van der Waals surface area contributed by atoms with E-state index >= 15 is 0 Å². The summed E-state index contributed by atoms with van der Waals surface area (Å²) in [7, 11) is 0.700. The van der Waals surface area contributed by atoms with Crippen molar-refractivity contribution in [2.75, 3.05) is 0 Å². The summed E-state index contributed by atoms with van der Waals surface area (Å²) in [6.07, 6.45) is 0. The van der Waals surface area contributed by atoms with Gasteiger partial charge in [-0.15, -0.1) is 22.7 Å². The molecule has 0 N–H and O–H groups in total. The van der Waals surface area contributed by atoms with E-state index in [1.807, 2.05) is 0 Å². The summed E-state index contributed by atoms with van der Waals surface area (Å²) in [5, 5.41) is 5.44. The second-order valence-corrected chi connectivity index (χ2v) is 11.1. The molecular formula is C16H8Br2S2Si. The lowest BCUT2D eigenvalue weighted by Crippen LogP contribution is -2.26. The van der Waals surface area contributed by atoms with Crippen LogP contribution in [0, 0.1) is 0 Å². The van der Waals surface area contributed by atoms with Crippen LogP contribution < -0.4 is 10.4 Å². The van der Waals surface area contributed by atoms with Gasteiger partial charge in [-0.2, -0.15) is 0 Å². The number of halogens is 2. The lowest BCUT2D eigenvalue weighted by molar-refractivity contribution is 1.89. The van der Waals surface area contributed by atoms with Gasteiger partial charge in [0.05, 0.1) is 7.57 Å². The van der Waals surface area contributed by atoms with E-state index < -0.39 is 0 Å². The Balaban J connectivity index is 1.70. The average molecular weight is 452 g/mol. The minimum Gasteiger partial charge on any atom is -0.128 e. The molecule has 5 heteroatoms. The zero-order valence-corrected chi connectivity index (χ0v) is 16.5. The van der Waals surface area contributed by atoms with E-state index in [0.29, 0.717) is 9.52 Å². The lowest BCUT2D eigenvalue weighted by Gasteiger charge is -2.01. The molecule has 0 amide bonds. The van der Waals surface area contributed by atoms with Gasteiger partial charge in [0.15, 0.2) is 0 Å². The molecule has 4 aromatic rings. The number of fused-ring (bicyclic) bond motifs is 2. The second-order valence-electron chi connectivity index (χ2n) is 4.73. The fraction of sp³-hybridized carbons (Fsp3) is 0. The first-order valence-electron chi connectivity index (χ1n) is 6.33. The Hall–Kier alpha value is -0.463. The maximum absolute atomic E-state index is 3.56. The van der Waals surface area contributed by atoms with Crippen LogP contribution in [-0.2, 0) is 0 Å². The van der Waals surface area contributed by atoms with E-state index in [0.717, 1.165) is 0 Å². The fourth-order valence-corrected chi connectivity index (χ4v) is 6.54. The monoisotopic (exact) mass is 450 g/mol. The summed E-state index contributed by atoms with van der Waals surface area (Å²) < 4.78 is 5.07. The van der Waals surface area contributed by atoms with Crippen LogP contribution in [0.15, 0.2) is 56.1 Å². The number of thiophene rings is 2. The van der Waals surface area contributed by atoms with Gasteiger partial charge in [-0.1, -0.05) is 34.6 Å². The van der Waals surface area contributed by atoms with E-state index in [2.05, 4.69) is 80.4 Å². The Morgan fingerprint density at radius 1 is 0.667 bits per heavy atom. The van der Waals surface area contributed by atoms with Crippen molar-refractivity contribution in [3.05, 3.63) is 56.1 Å². The van der Waals surface area contributed by atoms with Gasteiger partial charge in [0.1, 0.15) is 9.52 Å². The van der Waals surface area contributed by atoms with Crippen molar-refractivity contribution >= 4 is 94.6 Å². The van der Waals surface area contributed by atoms with E-state index in [9.17, 15) is 0 Å². The molecule has 0 saturated carbocycles. The van der Waals surface area contributed by atoms with Crippen LogP contribution >= 0.6 is 54.5 Å². The molecular weight excluding hydrogens is 444 g/mol. The minimum absolute atomic E-state index is 0.700. The van der Waals surface area contributed by atoms with Crippen LogP contribution in [0.4, 0.5) is 0 Å². The number of hydrogen-bond donors (Lipinski definition) is 0. The molecule has 0 fully saturated rings. The fourth-order valence-electron chi connectivity index (χ4n) is 2.34. The average Bonchev–Trinajstić information content (AvgIpc) is 2.98. The zero-order valence-electron chi connectivity index (χ0n) is 10.7. The van der Waals surface area contributed by atoms with Crippen LogP contribution in [0.5, 0.6) is 0 Å². The van der Waals surface area contributed by atoms with Crippen molar-refractivity contribution < 1.29 is 0 Å². The Morgan fingerprint density at radius 2 is 1.14 bits per heavy atom. The largest absolute Gasteiger partial charge is 0.128 e. The van der Waals surface area contributed by atoms with Crippen LogP contribution in [0.1, 0.15) is 0 Å². The summed E-state index contributed by atoms with van der Waals surface area (Å²) in [6, 6.07) is 18.0. The Kier molecular flexibility index (Phi) is 3.79. The van der Waals surface area contributed by atoms with Crippen LogP contribution in [0.25, 0.3) is 20.2 Å². The predicted molar refractivity (Wildman–Crippen MR) is 104 cm³/mol. The molecule has 0 bridgehead atoms. The molecule has 0 aliphatic rings. The number of rotatable bonds is 2. The third-order valence-electron chi connectivity index (χ3n) is 3.26. The van der Waals surface area contributed by atoms with Crippen molar-refractivity contribution in [2.24, 2.45) is 0 Å². The molecule has 0 atom stereocenters. The quantitative estimate of drug-likeness (QED) is 0.363. The van der Waals surface area contributed by atoms with Gasteiger partial charge in [0, 0.05) is 9.40 Å². The first-order chi connectivity index (χ1) is 10.2.